The minimum atomic E-state index is -0.385. The van der Waals surface area contributed by atoms with Crippen molar-refractivity contribution in [1.82, 2.24) is 10.2 Å². The molecule has 2 aliphatic heterocycles. The number of piperazine rings is 1. The lowest BCUT2D eigenvalue weighted by molar-refractivity contribution is -0.155. The monoisotopic (exact) mass is 296 g/mol. The minimum absolute atomic E-state index is 0.0207. The molecule has 21 heavy (non-hydrogen) atoms. The number of ether oxygens (including phenoxy) is 1. The fraction of sp³-hybridized carbons (Fsp3) is 0.875. The Morgan fingerprint density at radius 2 is 2.05 bits per heavy atom. The Bertz CT molecular complexity index is 391. The van der Waals surface area contributed by atoms with Gasteiger partial charge >= 0.3 is 0 Å². The first-order chi connectivity index (χ1) is 9.95. The van der Waals surface area contributed by atoms with Crippen molar-refractivity contribution in [2.45, 2.75) is 77.6 Å². The second kappa shape index (κ2) is 6.77. The van der Waals surface area contributed by atoms with Gasteiger partial charge in [0.1, 0.15) is 12.1 Å². The summed E-state index contributed by atoms with van der Waals surface area (Å²) in [7, 11) is 0. The molecule has 0 aliphatic carbocycles. The average molecular weight is 296 g/mol. The van der Waals surface area contributed by atoms with Crippen molar-refractivity contribution in [3.8, 4) is 0 Å². The Balaban J connectivity index is 2.19. The van der Waals surface area contributed by atoms with Crippen LogP contribution in [0.4, 0.5) is 0 Å². The number of nitrogens with one attached hydrogen (secondary N) is 1. The summed E-state index contributed by atoms with van der Waals surface area (Å²) in [6.45, 7) is 8.87. The summed E-state index contributed by atoms with van der Waals surface area (Å²) < 4.78 is 5.74. The molecule has 0 aromatic carbocycles. The lowest BCUT2D eigenvalue weighted by atomic mass is 9.94. The molecule has 2 rings (SSSR count). The van der Waals surface area contributed by atoms with Gasteiger partial charge < -0.3 is 15.0 Å². The first-order valence-electron chi connectivity index (χ1n) is 8.19. The predicted octanol–water partition coefficient (Wildman–Crippen LogP) is 1.71. The van der Waals surface area contributed by atoms with Crippen molar-refractivity contribution in [1.29, 1.82) is 0 Å². The third-order valence-electron chi connectivity index (χ3n) is 4.54. The van der Waals surface area contributed by atoms with Crippen LogP contribution in [0.5, 0.6) is 0 Å². The fourth-order valence-electron chi connectivity index (χ4n) is 3.45. The number of nitrogens with zero attached hydrogens (tertiary/aromatic N) is 1. The quantitative estimate of drug-likeness (QED) is 0.840. The molecule has 0 saturated carbocycles. The SMILES string of the molecule is CCC1C(=O)NC(CC(C)C)C(=O)N1C(C)C1CCCO1. The molecule has 1 N–H and O–H groups in total. The van der Waals surface area contributed by atoms with Crippen LogP contribution in [0.3, 0.4) is 0 Å². The van der Waals surface area contributed by atoms with Crippen LogP contribution >= 0.6 is 0 Å². The molecule has 2 amide bonds. The van der Waals surface area contributed by atoms with Crippen LogP contribution in [0.1, 0.15) is 53.4 Å². The topological polar surface area (TPSA) is 58.6 Å². The molecule has 0 spiro atoms. The standard InChI is InChI=1S/C16H28N2O3/c1-5-13-15(19)17-12(9-10(2)3)16(20)18(13)11(4)14-7-6-8-21-14/h10-14H,5-9H2,1-4H3,(H,17,19). The van der Waals surface area contributed by atoms with Crippen LogP contribution in [0.2, 0.25) is 0 Å². The third kappa shape index (κ3) is 3.39. The van der Waals surface area contributed by atoms with Gasteiger partial charge in [0.05, 0.1) is 12.1 Å². The van der Waals surface area contributed by atoms with Crippen molar-refractivity contribution >= 4 is 11.8 Å². The van der Waals surface area contributed by atoms with Crippen molar-refractivity contribution in [3.05, 3.63) is 0 Å². The van der Waals surface area contributed by atoms with Gasteiger partial charge in [0.2, 0.25) is 11.8 Å². The van der Waals surface area contributed by atoms with E-state index in [-0.39, 0.29) is 36.0 Å². The van der Waals surface area contributed by atoms with Crippen LogP contribution in [-0.4, -0.2) is 47.6 Å². The summed E-state index contributed by atoms with van der Waals surface area (Å²) in [5, 5.41) is 2.90. The summed E-state index contributed by atoms with van der Waals surface area (Å²) in [6, 6.07) is -0.782. The second-order valence-electron chi connectivity index (χ2n) is 6.65. The summed E-state index contributed by atoms with van der Waals surface area (Å²) in [5.41, 5.74) is 0. The molecule has 2 fully saturated rings. The van der Waals surface area contributed by atoms with Crippen molar-refractivity contribution in [3.63, 3.8) is 0 Å². The van der Waals surface area contributed by atoms with Gasteiger partial charge in [-0.15, -0.1) is 0 Å². The lowest BCUT2D eigenvalue weighted by Gasteiger charge is -2.44. The number of carbonyl (C=O) groups excluding carboxylic acids is 2. The highest BCUT2D eigenvalue weighted by Gasteiger charge is 2.44. The van der Waals surface area contributed by atoms with E-state index in [9.17, 15) is 9.59 Å². The fourth-order valence-corrected chi connectivity index (χ4v) is 3.45. The molecule has 0 aromatic heterocycles. The van der Waals surface area contributed by atoms with Gasteiger partial charge in [0.15, 0.2) is 0 Å². The molecule has 0 aromatic rings. The molecular formula is C16H28N2O3. The Kier molecular flexibility index (Phi) is 5.25. The van der Waals surface area contributed by atoms with Crippen LogP contribution < -0.4 is 5.32 Å². The minimum Gasteiger partial charge on any atom is -0.376 e. The number of amides is 2. The van der Waals surface area contributed by atoms with E-state index >= 15 is 0 Å². The van der Waals surface area contributed by atoms with E-state index in [0.717, 1.165) is 19.4 Å². The zero-order valence-electron chi connectivity index (χ0n) is 13.6. The van der Waals surface area contributed by atoms with Gasteiger partial charge in [-0.2, -0.15) is 0 Å². The normalized spacial score (nSPS) is 31.7. The zero-order valence-corrected chi connectivity index (χ0v) is 13.6. The van der Waals surface area contributed by atoms with Gasteiger partial charge in [-0.3, -0.25) is 9.59 Å². The molecule has 0 radical (unpaired) electrons. The van der Waals surface area contributed by atoms with Crippen molar-refractivity contribution < 1.29 is 14.3 Å². The summed E-state index contributed by atoms with van der Waals surface area (Å²) in [6.07, 6.45) is 3.40. The van der Waals surface area contributed by atoms with E-state index in [4.69, 9.17) is 4.74 Å². The van der Waals surface area contributed by atoms with Gasteiger partial charge in [-0.25, -0.2) is 0 Å². The van der Waals surface area contributed by atoms with Crippen molar-refractivity contribution in [2.75, 3.05) is 6.61 Å². The molecule has 2 aliphatic rings. The first-order valence-corrected chi connectivity index (χ1v) is 8.19. The third-order valence-corrected chi connectivity index (χ3v) is 4.54. The van der Waals surface area contributed by atoms with E-state index in [2.05, 4.69) is 19.2 Å². The largest absolute Gasteiger partial charge is 0.376 e. The van der Waals surface area contributed by atoms with Crippen LogP contribution in [0.15, 0.2) is 0 Å². The lowest BCUT2D eigenvalue weighted by Crippen LogP contribution is -2.66. The molecule has 4 unspecified atom stereocenters. The van der Waals surface area contributed by atoms with Crippen molar-refractivity contribution in [2.24, 2.45) is 5.92 Å². The number of carbonyl (C=O) groups is 2. The predicted molar refractivity (Wildman–Crippen MR) is 80.7 cm³/mol. The molecule has 120 valence electrons. The molecule has 5 heteroatoms. The Morgan fingerprint density at radius 3 is 2.57 bits per heavy atom. The van der Waals surface area contributed by atoms with Crippen LogP contribution in [0, 0.1) is 5.92 Å². The van der Waals surface area contributed by atoms with E-state index in [1.54, 1.807) is 4.90 Å². The molecule has 5 nitrogen and oxygen atoms in total. The highest BCUT2D eigenvalue weighted by Crippen LogP contribution is 2.26. The Morgan fingerprint density at radius 1 is 1.33 bits per heavy atom. The molecule has 2 heterocycles. The number of hydrogen-bond acceptors (Lipinski definition) is 3. The van der Waals surface area contributed by atoms with E-state index in [0.29, 0.717) is 18.8 Å². The first kappa shape index (κ1) is 16.3. The van der Waals surface area contributed by atoms with Gasteiger partial charge in [-0.1, -0.05) is 20.8 Å². The maximum Gasteiger partial charge on any atom is 0.246 e. The molecule has 2 saturated heterocycles. The Hall–Kier alpha value is -1.10. The molecular weight excluding hydrogens is 268 g/mol. The number of hydrogen-bond donors (Lipinski definition) is 1. The number of rotatable bonds is 5. The van der Waals surface area contributed by atoms with E-state index in [1.807, 2.05) is 13.8 Å². The summed E-state index contributed by atoms with van der Waals surface area (Å²) in [5.74, 6) is 0.406. The second-order valence-corrected chi connectivity index (χ2v) is 6.65. The molecule has 0 bridgehead atoms. The zero-order chi connectivity index (χ0) is 15.6. The summed E-state index contributed by atoms with van der Waals surface area (Å²) in [4.78, 5) is 27.0. The maximum atomic E-state index is 12.8. The van der Waals surface area contributed by atoms with Gasteiger partial charge in [0.25, 0.3) is 0 Å². The Labute approximate surface area is 127 Å². The van der Waals surface area contributed by atoms with E-state index < -0.39 is 0 Å². The highest BCUT2D eigenvalue weighted by molar-refractivity contribution is 5.97. The highest BCUT2D eigenvalue weighted by atomic mass is 16.5. The average Bonchev–Trinajstić information content (AvgIpc) is 2.94. The smallest absolute Gasteiger partial charge is 0.246 e. The van der Waals surface area contributed by atoms with Crippen LogP contribution in [-0.2, 0) is 14.3 Å². The summed E-state index contributed by atoms with van der Waals surface area (Å²) >= 11 is 0. The van der Waals surface area contributed by atoms with Crippen LogP contribution in [0.25, 0.3) is 0 Å². The molecule has 4 atom stereocenters. The van der Waals surface area contributed by atoms with Gasteiger partial charge in [0, 0.05) is 6.61 Å². The maximum absolute atomic E-state index is 12.8. The van der Waals surface area contributed by atoms with Gasteiger partial charge in [-0.05, 0) is 38.5 Å². The van der Waals surface area contributed by atoms with E-state index in [1.165, 1.54) is 0 Å².